The van der Waals surface area contributed by atoms with Gasteiger partial charge in [-0.1, -0.05) is 37.3 Å². The molecule has 0 radical (unpaired) electrons. The lowest BCUT2D eigenvalue weighted by molar-refractivity contribution is 0.0997. The first-order valence-electron chi connectivity index (χ1n) is 6.80. The Morgan fingerprint density at radius 1 is 1.14 bits per heavy atom. The van der Waals surface area contributed by atoms with E-state index in [1.807, 2.05) is 13.0 Å². The van der Waals surface area contributed by atoms with E-state index >= 15 is 0 Å². The lowest BCUT2D eigenvalue weighted by Gasteiger charge is -2.07. The number of carbonyl (C=O) groups is 1. The van der Waals surface area contributed by atoms with Crippen molar-refractivity contribution < 1.29 is 17.6 Å². The predicted octanol–water partition coefficient (Wildman–Crippen LogP) is 2.55. The second-order valence-corrected chi connectivity index (χ2v) is 6.47. The molecular formula is C16H16FNO3S. The van der Waals surface area contributed by atoms with Gasteiger partial charge in [0.15, 0.2) is 5.78 Å². The Morgan fingerprint density at radius 2 is 1.86 bits per heavy atom. The Balaban J connectivity index is 2.12. The van der Waals surface area contributed by atoms with Gasteiger partial charge in [-0.15, -0.1) is 0 Å². The first kappa shape index (κ1) is 16.3. The Morgan fingerprint density at radius 3 is 2.55 bits per heavy atom. The quantitative estimate of drug-likeness (QED) is 0.832. The molecule has 0 bridgehead atoms. The van der Waals surface area contributed by atoms with Gasteiger partial charge in [0, 0.05) is 5.56 Å². The summed E-state index contributed by atoms with van der Waals surface area (Å²) in [6.07, 6.45) is 0.780. The normalized spacial score (nSPS) is 11.4. The summed E-state index contributed by atoms with van der Waals surface area (Å²) in [5.74, 6) is -1.22. The van der Waals surface area contributed by atoms with E-state index in [0.717, 1.165) is 24.1 Å². The van der Waals surface area contributed by atoms with Gasteiger partial charge in [0.2, 0.25) is 10.0 Å². The molecule has 0 saturated heterocycles. The van der Waals surface area contributed by atoms with Crippen molar-refractivity contribution in [1.29, 1.82) is 0 Å². The number of rotatable bonds is 6. The fraction of sp³-hybridized carbons (Fsp3) is 0.188. The molecule has 116 valence electrons. The van der Waals surface area contributed by atoms with Gasteiger partial charge >= 0.3 is 0 Å². The summed E-state index contributed by atoms with van der Waals surface area (Å²) in [5.41, 5.74) is 1.42. The van der Waals surface area contributed by atoms with Crippen LogP contribution in [0.2, 0.25) is 0 Å². The maximum absolute atomic E-state index is 13.5. The van der Waals surface area contributed by atoms with Crippen molar-refractivity contribution in [2.24, 2.45) is 0 Å². The highest BCUT2D eigenvalue weighted by atomic mass is 32.2. The summed E-state index contributed by atoms with van der Waals surface area (Å²) in [7, 11) is -4.06. The Kier molecular flexibility index (Phi) is 5.05. The van der Waals surface area contributed by atoms with Crippen LogP contribution in [0.1, 0.15) is 22.8 Å². The smallest absolute Gasteiger partial charge is 0.243 e. The molecule has 0 spiro atoms. The first-order chi connectivity index (χ1) is 10.4. The van der Waals surface area contributed by atoms with E-state index in [1.54, 1.807) is 18.2 Å². The summed E-state index contributed by atoms with van der Waals surface area (Å²) in [6, 6.07) is 12.0. The minimum absolute atomic E-state index is 0.366. The third-order valence-electron chi connectivity index (χ3n) is 3.21. The van der Waals surface area contributed by atoms with Crippen molar-refractivity contribution in [2.45, 2.75) is 18.2 Å². The van der Waals surface area contributed by atoms with Gasteiger partial charge in [0.25, 0.3) is 0 Å². The molecule has 4 nitrogen and oxygen atoms in total. The van der Waals surface area contributed by atoms with Gasteiger partial charge in [0.1, 0.15) is 10.7 Å². The zero-order chi connectivity index (χ0) is 16.2. The molecular weight excluding hydrogens is 305 g/mol. The maximum Gasteiger partial charge on any atom is 0.243 e. The Bertz CT molecular complexity index is 787. The zero-order valence-corrected chi connectivity index (χ0v) is 12.9. The van der Waals surface area contributed by atoms with Crippen LogP contribution < -0.4 is 4.72 Å². The first-order valence-corrected chi connectivity index (χ1v) is 8.28. The number of Topliss-reactive ketones (excluding diaryl/α,β-unsaturated/α-hetero) is 1. The highest BCUT2D eigenvalue weighted by Gasteiger charge is 2.19. The average Bonchev–Trinajstić information content (AvgIpc) is 2.53. The fourth-order valence-corrected chi connectivity index (χ4v) is 3.03. The number of sulfonamides is 1. The van der Waals surface area contributed by atoms with Gasteiger partial charge < -0.3 is 0 Å². The summed E-state index contributed by atoms with van der Waals surface area (Å²) < 4.78 is 39.7. The molecule has 0 aliphatic rings. The number of nitrogens with one attached hydrogen (secondary N) is 1. The largest absolute Gasteiger partial charge is 0.293 e. The Hall–Kier alpha value is -2.05. The second-order valence-electron chi connectivity index (χ2n) is 4.73. The highest BCUT2D eigenvalue weighted by molar-refractivity contribution is 7.89. The second kappa shape index (κ2) is 6.81. The SMILES string of the molecule is CCc1cccc(C(=O)CNS(=O)(=O)c2ccccc2F)c1. The van der Waals surface area contributed by atoms with Crippen LogP contribution >= 0.6 is 0 Å². The van der Waals surface area contributed by atoms with E-state index in [4.69, 9.17) is 0 Å². The monoisotopic (exact) mass is 321 g/mol. The number of carbonyl (C=O) groups excluding carboxylic acids is 1. The van der Waals surface area contributed by atoms with E-state index in [0.29, 0.717) is 5.56 Å². The molecule has 0 heterocycles. The van der Waals surface area contributed by atoms with Gasteiger partial charge in [-0.05, 0) is 30.2 Å². The molecule has 22 heavy (non-hydrogen) atoms. The van der Waals surface area contributed by atoms with E-state index in [2.05, 4.69) is 4.72 Å². The van der Waals surface area contributed by atoms with Crippen molar-refractivity contribution in [2.75, 3.05) is 6.54 Å². The van der Waals surface area contributed by atoms with Crippen LogP contribution in [0.3, 0.4) is 0 Å². The van der Waals surface area contributed by atoms with Crippen LogP contribution in [0.25, 0.3) is 0 Å². The summed E-state index contributed by atoms with van der Waals surface area (Å²) in [4.78, 5) is 11.6. The standard InChI is InChI=1S/C16H16FNO3S/c1-2-12-6-5-7-13(10-12)15(19)11-18-22(20,21)16-9-4-3-8-14(16)17/h3-10,18H,2,11H2,1H3. The predicted molar refractivity (Wildman–Crippen MR) is 81.7 cm³/mol. The van der Waals surface area contributed by atoms with Gasteiger partial charge in [-0.2, -0.15) is 0 Å². The Labute approximate surface area is 129 Å². The van der Waals surface area contributed by atoms with Crippen LogP contribution in [-0.4, -0.2) is 20.7 Å². The molecule has 2 aromatic rings. The lowest BCUT2D eigenvalue weighted by Crippen LogP contribution is -2.30. The minimum Gasteiger partial charge on any atom is -0.293 e. The van der Waals surface area contributed by atoms with Gasteiger partial charge in [0.05, 0.1) is 6.54 Å². The van der Waals surface area contributed by atoms with Gasteiger partial charge in [-0.3, -0.25) is 4.79 Å². The average molecular weight is 321 g/mol. The van der Waals surface area contributed by atoms with Crippen LogP contribution in [0, 0.1) is 5.82 Å². The van der Waals surface area contributed by atoms with Crippen molar-refractivity contribution in [1.82, 2.24) is 4.72 Å². The molecule has 0 unspecified atom stereocenters. The van der Waals surface area contributed by atoms with Crippen molar-refractivity contribution in [3.8, 4) is 0 Å². The molecule has 0 saturated carbocycles. The number of hydrogen-bond acceptors (Lipinski definition) is 3. The van der Waals surface area contributed by atoms with Gasteiger partial charge in [-0.25, -0.2) is 17.5 Å². The van der Waals surface area contributed by atoms with Crippen LogP contribution in [-0.2, 0) is 16.4 Å². The number of benzene rings is 2. The molecule has 6 heteroatoms. The van der Waals surface area contributed by atoms with E-state index in [1.165, 1.54) is 12.1 Å². The number of halogens is 1. The molecule has 0 amide bonds. The third-order valence-corrected chi connectivity index (χ3v) is 4.64. The molecule has 2 aromatic carbocycles. The molecule has 1 N–H and O–H groups in total. The fourth-order valence-electron chi connectivity index (χ4n) is 1.97. The van der Waals surface area contributed by atoms with Crippen LogP contribution in [0.4, 0.5) is 4.39 Å². The highest BCUT2D eigenvalue weighted by Crippen LogP contribution is 2.13. The van der Waals surface area contributed by atoms with E-state index < -0.39 is 27.3 Å². The molecule has 2 rings (SSSR count). The molecule has 0 aromatic heterocycles. The summed E-state index contributed by atoms with van der Waals surface area (Å²) in [5, 5.41) is 0. The number of aryl methyl sites for hydroxylation is 1. The minimum atomic E-state index is -4.06. The lowest BCUT2D eigenvalue weighted by atomic mass is 10.1. The summed E-state index contributed by atoms with van der Waals surface area (Å²) >= 11 is 0. The van der Waals surface area contributed by atoms with E-state index in [-0.39, 0.29) is 5.78 Å². The van der Waals surface area contributed by atoms with Crippen molar-refractivity contribution in [3.63, 3.8) is 0 Å². The van der Waals surface area contributed by atoms with Crippen LogP contribution in [0.5, 0.6) is 0 Å². The zero-order valence-electron chi connectivity index (χ0n) is 12.0. The molecule has 0 aliphatic carbocycles. The molecule has 0 aliphatic heterocycles. The van der Waals surface area contributed by atoms with E-state index in [9.17, 15) is 17.6 Å². The van der Waals surface area contributed by atoms with Crippen molar-refractivity contribution in [3.05, 3.63) is 65.5 Å². The third kappa shape index (κ3) is 3.78. The van der Waals surface area contributed by atoms with Crippen molar-refractivity contribution >= 4 is 15.8 Å². The maximum atomic E-state index is 13.5. The molecule has 0 atom stereocenters. The topological polar surface area (TPSA) is 63.2 Å². The van der Waals surface area contributed by atoms with Crippen LogP contribution in [0.15, 0.2) is 53.4 Å². The number of ketones is 1. The molecule has 0 fully saturated rings. The number of hydrogen-bond donors (Lipinski definition) is 1. The summed E-state index contributed by atoms with van der Waals surface area (Å²) in [6.45, 7) is 1.55.